The van der Waals surface area contributed by atoms with E-state index < -0.39 is 48.2 Å². The maximum absolute atomic E-state index is 13.7. The summed E-state index contributed by atoms with van der Waals surface area (Å²) in [5.74, 6) is -11.5. The first-order valence-corrected chi connectivity index (χ1v) is 7.18. The van der Waals surface area contributed by atoms with Gasteiger partial charge in [0.15, 0.2) is 0 Å². The monoisotopic (exact) mass is 424 g/mol. The first kappa shape index (κ1) is 21.8. The minimum atomic E-state index is -6.26. The molecule has 0 aliphatic carbocycles. The summed E-state index contributed by atoms with van der Waals surface area (Å²) in [7, 11) is 0. The summed E-state index contributed by atoms with van der Waals surface area (Å²) in [6, 6.07) is 1.65. The summed E-state index contributed by atoms with van der Waals surface area (Å²) in [5, 5.41) is 2.67. The van der Waals surface area contributed by atoms with E-state index in [0.717, 1.165) is 6.07 Å². The lowest BCUT2D eigenvalue weighted by atomic mass is 10.1. The zero-order chi connectivity index (χ0) is 21.7. The molecule has 2 N–H and O–H groups in total. The molecule has 28 heavy (non-hydrogen) atoms. The van der Waals surface area contributed by atoms with E-state index in [0.29, 0.717) is 0 Å². The predicted octanol–water partition coefficient (Wildman–Crippen LogP) is 4.53. The Bertz CT molecular complexity index is 866. The summed E-state index contributed by atoms with van der Waals surface area (Å²) >= 11 is 0. The number of halogens is 10. The summed E-state index contributed by atoms with van der Waals surface area (Å²) in [6.45, 7) is 0.326. The van der Waals surface area contributed by atoms with Gasteiger partial charge in [0.05, 0.1) is 23.6 Å². The average molecular weight is 424 g/mol. The number of rotatable bonds is 4. The Morgan fingerprint density at radius 3 is 1.89 bits per heavy atom. The van der Waals surface area contributed by atoms with Crippen LogP contribution in [0.4, 0.5) is 49.6 Å². The Labute approximate surface area is 150 Å². The molecule has 14 heteroatoms. The van der Waals surface area contributed by atoms with Crippen LogP contribution in [0.2, 0.25) is 0 Å². The lowest BCUT2D eigenvalue weighted by Gasteiger charge is -2.20. The maximum Gasteiger partial charge on any atom is 0.459 e. The molecule has 0 aliphatic rings. The van der Waals surface area contributed by atoms with Gasteiger partial charge in [0.25, 0.3) is 0 Å². The third kappa shape index (κ3) is 3.71. The predicted molar refractivity (Wildman–Crippen MR) is 74.6 cm³/mol. The second kappa shape index (κ2) is 6.51. The first-order chi connectivity index (χ1) is 12.5. The molecule has 4 nitrogen and oxygen atoms in total. The van der Waals surface area contributed by atoms with E-state index in [2.05, 4.69) is 10.1 Å². The number of aromatic nitrogens is 3. The van der Waals surface area contributed by atoms with E-state index >= 15 is 0 Å². The van der Waals surface area contributed by atoms with Crippen molar-refractivity contribution in [1.82, 2.24) is 14.8 Å². The average Bonchev–Trinajstić information content (AvgIpc) is 2.94. The minimum absolute atomic E-state index is 0.134. The number of pyridine rings is 1. The molecule has 0 bridgehead atoms. The number of aryl methyl sites for hydroxylation is 1. The topological polar surface area (TPSA) is 56.7 Å². The van der Waals surface area contributed by atoms with Crippen LogP contribution in [0.15, 0.2) is 18.2 Å². The molecule has 0 amide bonds. The Kier molecular flexibility index (Phi) is 5.06. The van der Waals surface area contributed by atoms with Gasteiger partial charge in [-0.1, -0.05) is 0 Å². The van der Waals surface area contributed by atoms with Crippen molar-refractivity contribution in [3.05, 3.63) is 41.0 Å². The van der Waals surface area contributed by atoms with Crippen molar-refractivity contribution in [1.29, 1.82) is 0 Å². The van der Waals surface area contributed by atoms with Crippen LogP contribution in [-0.4, -0.2) is 27.1 Å². The van der Waals surface area contributed by atoms with Crippen LogP contribution in [0, 0.1) is 6.92 Å². The number of hydrogen-bond acceptors (Lipinski definition) is 3. The maximum atomic E-state index is 13.7. The lowest BCUT2D eigenvalue weighted by Crippen LogP contribution is -2.36. The Morgan fingerprint density at radius 2 is 1.43 bits per heavy atom. The van der Waals surface area contributed by atoms with E-state index in [1.807, 2.05) is 0 Å². The Hall–Kier alpha value is -2.54. The van der Waals surface area contributed by atoms with Crippen molar-refractivity contribution in [3.63, 3.8) is 0 Å². The quantitative estimate of drug-likeness (QED) is 0.735. The fourth-order valence-electron chi connectivity index (χ4n) is 2.10. The van der Waals surface area contributed by atoms with Crippen molar-refractivity contribution in [2.24, 2.45) is 0 Å². The number of anilines is 1. The molecule has 0 aliphatic heterocycles. The summed E-state index contributed by atoms with van der Waals surface area (Å²) in [6.07, 6.45) is -12.5. The minimum Gasteiger partial charge on any atom is -0.397 e. The second-order valence-corrected chi connectivity index (χ2v) is 5.69. The van der Waals surface area contributed by atoms with Crippen LogP contribution >= 0.6 is 0 Å². The van der Waals surface area contributed by atoms with Crippen molar-refractivity contribution in [3.8, 4) is 0 Å². The summed E-state index contributed by atoms with van der Waals surface area (Å²) in [4.78, 5) is 3.75. The molecule has 156 valence electrons. The molecule has 0 saturated heterocycles. The normalized spacial score (nSPS) is 13.8. The SMILES string of the molecule is Cc1nc(Cn2nc(C(F)(F)C(F)(F)F)cc2C(F)(F)C(F)(F)F)ccc1N. The first-order valence-electron chi connectivity index (χ1n) is 7.18. The smallest absolute Gasteiger partial charge is 0.397 e. The van der Waals surface area contributed by atoms with E-state index in [4.69, 9.17) is 5.73 Å². The molecule has 2 aromatic heterocycles. The van der Waals surface area contributed by atoms with Gasteiger partial charge in [-0.05, 0) is 25.1 Å². The third-order valence-electron chi connectivity index (χ3n) is 3.63. The van der Waals surface area contributed by atoms with E-state index in [1.165, 1.54) is 13.0 Å². The number of nitrogens with two attached hydrogens (primary N) is 1. The summed E-state index contributed by atoms with van der Waals surface area (Å²) < 4.78 is 129. The second-order valence-electron chi connectivity index (χ2n) is 5.69. The van der Waals surface area contributed by atoms with Crippen molar-refractivity contribution in [2.75, 3.05) is 5.73 Å². The van der Waals surface area contributed by atoms with Gasteiger partial charge >= 0.3 is 24.2 Å². The highest BCUT2D eigenvalue weighted by Crippen LogP contribution is 2.48. The number of nitrogens with zero attached hydrogens (tertiary/aromatic N) is 3. The van der Waals surface area contributed by atoms with Gasteiger partial charge in [0.1, 0.15) is 11.4 Å². The van der Waals surface area contributed by atoms with Crippen molar-refractivity contribution in [2.45, 2.75) is 37.7 Å². The molecule has 2 heterocycles. The highest BCUT2D eigenvalue weighted by molar-refractivity contribution is 5.42. The highest BCUT2D eigenvalue weighted by atomic mass is 19.4. The highest BCUT2D eigenvalue weighted by Gasteiger charge is 2.64. The standard InChI is InChI=1S/C14H10F10N4/c1-6-8(25)3-2-7(26-6)5-28-10(12(17,18)14(22,23)24)4-9(27-28)11(15,16)13(19,20)21/h2-4H,5,25H2,1H3. The molecule has 0 atom stereocenters. The lowest BCUT2D eigenvalue weighted by molar-refractivity contribution is -0.292. The fourth-order valence-corrected chi connectivity index (χ4v) is 2.10. The van der Waals surface area contributed by atoms with Gasteiger partial charge in [-0.15, -0.1) is 0 Å². The van der Waals surface area contributed by atoms with Gasteiger partial charge < -0.3 is 5.73 Å². The zero-order valence-corrected chi connectivity index (χ0v) is 13.6. The van der Waals surface area contributed by atoms with E-state index in [1.54, 1.807) is 0 Å². The van der Waals surface area contributed by atoms with Gasteiger partial charge in [-0.3, -0.25) is 9.67 Å². The van der Waals surface area contributed by atoms with Crippen LogP contribution < -0.4 is 5.73 Å². The van der Waals surface area contributed by atoms with Gasteiger partial charge in [0, 0.05) is 0 Å². The van der Waals surface area contributed by atoms with Crippen LogP contribution in [0.1, 0.15) is 22.8 Å². The van der Waals surface area contributed by atoms with Crippen LogP contribution in [-0.2, 0) is 18.4 Å². The van der Waals surface area contributed by atoms with Crippen molar-refractivity contribution < 1.29 is 43.9 Å². The number of hydrogen-bond donors (Lipinski definition) is 1. The van der Waals surface area contributed by atoms with Crippen LogP contribution in [0.25, 0.3) is 0 Å². The zero-order valence-electron chi connectivity index (χ0n) is 13.6. The fraction of sp³-hybridized carbons (Fsp3) is 0.429. The molecule has 0 saturated carbocycles. The molecule has 0 radical (unpaired) electrons. The molecular weight excluding hydrogens is 414 g/mol. The molecular formula is C14H10F10N4. The molecule has 0 spiro atoms. The van der Waals surface area contributed by atoms with Gasteiger partial charge in [-0.25, -0.2) is 0 Å². The van der Waals surface area contributed by atoms with E-state index in [9.17, 15) is 43.9 Å². The van der Waals surface area contributed by atoms with E-state index in [-0.39, 0.29) is 21.8 Å². The molecule has 0 unspecified atom stereocenters. The van der Waals surface area contributed by atoms with Crippen LogP contribution in [0.3, 0.4) is 0 Å². The Balaban J connectivity index is 2.63. The number of alkyl halides is 10. The molecule has 2 rings (SSSR count). The molecule has 2 aromatic rings. The number of nitrogen functional groups attached to an aromatic ring is 1. The van der Waals surface area contributed by atoms with Gasteiger partial charge in [0.2, 0.25) is 0 Å². The largest absolute Gasteiger partial charge is 0.459 e. The van der Waals surface area contributed by atoms with Crippen LogP contribution in [0.5, 0.6) is 0 Å². The van der Waals surface area contributed by atoms with Crippen molar-refractivity contribution >= 4 is 5.69 Å². The molecule has 0 fully saturated rings. The third-order valence-corrected chi connectivity index (χ3v) is 3.63. The van der Waals surface area contributed by atoms with Gasteiger partial charge in [-0.2, -0.15) is 49.0 Å². The summed E-state index contributed by atoms with van der Waals surface area (Å²) in [5.41, 5.74) is 1.01. The molecule has 0 aromatic carbocycles. The Morgan fingerprint density at radius 1 is 0.893 bits per heavy atom.